The van der Waals surface area contributed by atoms with Crippen LogP contribution in [0.3, 0.4) is 0 Å². The fraction of sp³-hybridized carbons (Fsp3) is 0.255. The molecule has 0 aliphatic carbocycles. The lowest BCUT2D eigenvalue weighted by Crippen LogP contribution is -2.28. The number of benzene rings is 6. The van der Waals surface area contributed by atoms with Gasteiger partial charge in [0.15, 0.2) is 0 Å². The van der Waals surface area contributed by atoms with Crippen LogP contribution in [0.1, 0.15) is 84.6 Å². The Morgan fingerprint density at radius 2 is 1.25 bits per heavy atom. The lowest BCUT2D eigenvalue weighted by molar-refractivity contribution is 0.483. The van der Waals surface area contributed by atoms with E-state index in [0.29, 0.717) is 6.67 Å². The molecule has 0 bridgehead atoms. The Hall–Kier alpha value is -6.33. The first kappa shape index (κ1) is 39.1. The van der Waals surface area contributed by atoms with Crippen molar-refractivity contribution in [3.63, 3.8) is 0 Å². The first-order valence-electron chi connectivity index (χ1n) is 21.3. The van der Waals surface area contributed by atoms with Crippen LogP contribution in [-0.2, 0) is 22.8 Å². The SMILES string of the molecule is CC(C)(C)c1ccnc(-n2c3ccccc3c3ccc(Oc4cccc(N5CN(Cc6cccc(C(C)(C)C)c6-c6ccccc6)c6ccc(C(C)(C)C)cc65)c4)cc32)c1. The maximum absolute atomic E-state index is 6.78. The van der Waals surface area contributed by atoms with Crippen LogP contribution in [0.2, 0.25) is 0 Å². The van der Waals surface area contributed by atoms with E-state index in [2.05, 4.69) is 222 Å². The molecule has 3 heterocycles. The molecule has 0 atom stereocenters. The third-order valence-electron chi connectivity index (χ3n) is 12.0. The van der Waals surface area contributed by atoms with Crippen molar-refractivity contribution < 1.29 is 4.74 Å². The second-order valence-electron chi connectivity index (χ2n) is 19.5. The van der Waals surface area contributed by atoms with Gasteiger partial charge >= 0.3 is 0 Å². The summed E-state index contributed by atoms with van der Waals surface area (Å²) < 4.78 is 9.05. The minimum absolute atomic E-state index is 0.000621. The molecule has 1 aliphatic heterocycles. The van der Waals surface area contributed by atoms with Crippen LogP contribution in [0.25, 0.3) is 38.8 Å². The predicted molar refractivity (Wildman–Crippen MR) is 253 cm³/mol. The van der Waals surface area contributed by atoms with Crippen molar-refractivity contribution in [1.29, 1.82) is 0 Å². The van der Waals surface area contributed by atoms with E-state index in [-0.39, 0.29) is 16.2 Å². The second kappa shape index (κ2) is 14.7. The highest BCUT2D eigenvalue weighted by Crippen LogP contribution is 2.46. The highest BCUT2D eigenvalue weighted by molar-refractivity contribution is 6.09. The van der Waals surface area contributed by atoms with Crippen molar-refractivity contribution in [3.05, 3.63) is 174 Å². The molecule has 0 unspecified atom stereocenters. The van der Waals surface area contributed by atoms with Crippen molar-refractivity contribution >= 4 is 38.9 Å². The molecule has 302 valence electrons. The normalized spacial score (nSPS) is 13.3. The van der Waals surface area contributed by atoms with Gasteiger partial charge in [-0.15, -0.1) is 0 Å². The number of para-hydroxylation sites is 1. The quantitative estimate of drug-likeness (QED) is 0.161. The number of fused-ring (bicyclic) bond motifs is 4. The van der Waals surface area contributed by atoms with Crippen LogP contribution in [-0.4, -0.2) is 16.2 Å². The van der Waals surface area contributed by atoms with Crippen molar-refractivity contribution in [2.45, 2.75) is 85.1 Å². The van der Waals surface area contributed by atoms with Crippen molar-refractivity contribution in [1.82, 2.24) is 9.55 Å². The number of hydrogen-bond donors (Lipinski definition) is 0. The molecule has 0 N–H and O–H groups in total. The van der Waals surface area contributed by atoms with Gasteiger partial charge in [-0.2, -0.15) is 0 Å². The van der Waals surface area contributed by atoms with Crippen LogP contribution < -0.4 is 14.5 Å². The molecule has 0 saturated carbocycles. The van der Waals surface area contributed by atoms with Crippen molar-refractivity contribution in [3.8, 4) is 28.4 Å². The highest BCUT2D eigenvalue weighted by Gasteiger charge is 2.31. The van der Waals surface area contributed by atoms with Crippen molar-refractivity contribution in [2.24, 2.45) is 0 Å². The zero-order valence-electron chi connectivity index (χ0n) is 36.5. The van der Waals surface area contributed by atoms with Gasteiger partial charge in [-0.3, -0.25) is 4.57 Å². The third-order valence-corrected chi connectivity index (χ3v) is 12.0. The van der Waals surface area contributed by atoms with Gasteiger partial charge in [-0.1, -0.05) is 141 Å². The number of rotatable bonds is 7. The molecular formula is C55H56N4O. The average Bonchev–Trinajstić information content (AvgIpc) is 3.75. The number of nitrogens with zero attached hydrogens (tertiary/aromatic N) is 4. The largest absolute Gasteiger partial charge is 0.457 e. The number of hydrogen-bond acceptors (Lipinski definition) is 4. The standard InChI is InChI=1S/C55H56N4O/c1-53(2,3)39-25-28-48-50(31-39)58(36-57(48)35-38-19-15-23-46(55(7,8)9)52(38)37-17-11-10-12-18-37)41-20-16-21-42(33-41)60-43-26-27-45-44-22-13-14-24-47(44)59(49(45)34-43)51-32-40(29-30-56-51)54(4,5)6/h10-34H,35-36H2,1-9H3. The van der Waals surface area contributed by atoms with Gasteiger partial charge in [-0.05, 0) is 104 Å². The van der Waals surface area contributed by atoms with E-state index < -0.39 is 0 Å². The molecule has 0 radical (unpaired) electrons. The smallest absolute Gasteiger partial charge is 0.137 e. The van der Waals surface area contributed by atoms with E-state index >= 15 is 0 Å². The Kier molecular flexibility index (Phi) is 9.62. The molecule has 0 amide bonds. The summed E-state index contributed by atoms with van der Waals surface area (Å²) in [6.45, 7) is 22.0. The molecule has 0 fully saturated rings. The van der Waals surface area contributed by atoms with E-state index in [1.165, 1.54) is 55.5 Å². The minimum atomic E-state index is -0.00644. The van der Waals surface area contributed by atoms with Crippen LogP contribution >= 0.6 is 0 Å². The number of pyridine rings is 1. The zero-order valence-corrected chi connectivity index (χ0v) is 36.5. The summed E-state index contributed by atoms with van der Waals surface area (Å²) in [4.78, 5) is 9.86. The fourth-order valence-electron chi connectivity index (χ4n) is 8.78. The molecule has 9 rings (SSSR count). The molecule has 2 aromatic heterocycles. The minimum Gasteiger partial charge on any atom is -0.457 e. The molecule has 6 aromatic carbocycles. The Labute approximate surface area is 355 Å². The molecule has 0 spiro atoms. The lowest BCUT2D eigenvalue weighted by Gasteiger charge is -2.28. The maximum atomic E-state index is 6.78. The summed E-state index contributed by atoms with van der Waals surface area (Å²) in [6.07, 6.45) is 1.93. The van der Waals surface area contributed by atoms with Gasteiger partial charge in [0, 0.05) is 41.3 Å². The van der Waals surface area contributed by atoms with E-state index in [1.54, 1.807) is 0 Å². The second-order valence-corrected chi connectivity index (χ2v) is 19.5. The Bertz CT molecular complexity index is 2870. The van der Waals surface area contributed by atoms with Crippen LogP contribution in [0.15, 0.2) is 152 Å². The van der Waals surface area contributed by atoms with Crippen LogP contribution in [0.5, 0.6) is 11.5 Å². The maximum Gasteiger partial charge on any atom is 0.137 e. The van der Waals surface area contributed by atoms with Gasteiger partial charge in [-0.25, -0.2) is 4.98 Å². The first-order chi connectivity index (χ1) is 28.6. The predicted octanol–water partition coefficient (Wildman–Crippen LogP) is 14.6. The van der Waals surface area contributed by atoms with Crippen LogP contribution in [0.4, 0.5) is 17.1 Å². The van der Waals surface area contributed by atoms with Gasteiger partial charge in [0.2, 0.25) is 0 Å². The third kappa shape index (κ3) is 7.31. The van der Waals surface area contributed by atoms with E-state index in [4.69, 9.17) is 9.72 Å². The van der Waals surface area contributed by atoms with E-state index in [1.807, 2.05) is 6.20 Å². The van der Waals surface area contributed by atoms with E-state index in [9.17, 15) is 0 Å². The number of aromatic nitrogens is 2. The molecule has 60 heavy (non-hydrogen) atoms. The zero-order chi connectivity index (χ0) is 42.0. The number of anilines is 3. The average molecular weight is 789 g/mol. The van der Waals surface area contributed by atoms with Gasteiger partial charge in [0.05, 0.1) is 29.1 Å². The summed E-state index contributed by atoms with van der Waals surface area (Å²) in [5, 5.41) is 2.36. The van der Waals surface area contributed by atoms with E-state index in [0.717, 1.165) is 40.6 Å². The molecule has 1 aliphatic rings. The molecular weight excluding hydrogens is 733 g/mol. The number of ether oxygens (including phenoxy) is 1. The highest BCUT2D eigenvalue weighted by atomic mass is 16.5. The molecule has 5 nitrogen and oxygen atoms in total. The van der Waals surface area contributed by atoms with Crippen LogP contribution in [0, 0.1) is 0 Å². The lowest BCUT2D eigenvalue weighted by atomic mass is 9.80. The van der Waals surface area contributed by atoms with Gasteiger partial charge < -0.3 is 14.5 Å². The van der Waals surface area contributed by atoms with Crippen molar-refractivity contribution in [2.75, 3.05) is 16.5 Å². The first-order valence-corrected chi connectivity index (χ1v) is 21.3. The Morgan fingerprint density at radius 1 is 0.550 bits per heavy atom. The summed E-state index contributed by atoms with van der Waals surface area (Å²) in [5.74, 6) is 2.47. The van der Waals surface area contributed by atoms with Gasteiger partial charge in [0.25, 0.3) is 0 Å². The van der Waals surface area contributed by atoms with Gasteiger partial charge in [0.1, 0.15) is 17.3 Å². The molecule has 0 saturated heterocycles. The monoisotopic (exact) mass is 788 g/mol. The Balaban J connectivity index is 1.08. The fourth-order valence-corrected chi connectivity index (χ4v) is 8.78. The molecule has 5 heteroatoms. The summed E-state index contributed by atoms with van der Waals surface area (Å²) in [5.41, 5.74) is 13.6. The Morgan fingerprint density at radius 3 is 2.02 bits per heavy atom. The topological polar surface area (TPSA) is 33.5 Å². The summed E-state index contributed by atoms with van der Waals surface area (Å²) in [6, 6.07) is 52.7. The summed E-state index contributed by atoms with van der Waals surface area (Å²) >= 11 is 0. The molecule has 8 aromatic rings. The summed E-state index contributed by atoms with van der Waals surface area (Å²) in [7, 11) is 0.